The first-order valence-electron chi connectivity index (χ1n) is 4.42. The molecule has 2 aliphatic rings. The van der Waals surface area contributed by atoms with Crippen molar-refractivity contribution in [3.8, 4) is 0 Å². The van der Waals surface area contributed by atoms with Crippen LogP contribution in [0.25, 0.3) is 0 Å². The number of allylic oxidation sites excluding steroid dienone is 2. The third-order valence-electron chi connectivity index (χ3n) is 2.59. The van der Waals surface area contributed by atoms with Crippen molar-refractivity contribution in [2.75, 3.05) is 0 Å². The van der Waals surface area contributed by atoms with E-state index in [1.807, 2.05) is 19.1 Å². The van der Waals surface area contributed by atoms with Gasteiger partial charge in [0, 0.05) is 12.0 Å². The number of carbonyl (C=O) groups is 1. The number of esters is 1. The Bertz CT molecular complexity index is 334. The number of hydrogen-bond acceptors (Lipinski definition) is 2. The van der Waals surface area contributed by atoms with E-state index in [1.54, 1.807) is 0 Å². The quantitative estimate of drug-likeness (QED) is 0.527. The van der Waals surface area contributed by atoms with E-state index >= 15 is 0 Å². The molecule has 2 heteroatoms. The van der Waals surface area contributed by atoms with E-state index in [0.717, 1.165) is 5.57 Å². The van der Waals surface area contributed by atoms with Crippen LogP contribution in [0.2, 0.25) is 0 Å². The van der Waals surface area contributed by atoms with Crippen molar-refractivity contribution in [2.45, 2.75) is 20.0 Å². The van der Waals surface area contributed by atoms with Crippen LogP contribution in [0.15, 0.2) is 35.5 Å². The molecule has 0 saturated heterocycles. The number of fused-ring (bicyclic) bond motifs is 1. The molecule has 2 rings (SSSR count). The fraction of sp³-hybridized carbons (Fsp3) is 0.364. The summed E-state index contributed by atoms with van der Waals surface area (Å²) in [6.45, 7) is 4.05. The first-order valence-corrected chi connectivity index (χ1v) is 4.42. The summed E-state index contributed by atoms with van der Waals surface area (Å²) >= 11 is 0. The molecule has 0 radical (unpaired) electrons. The normalized spacial score (nSPS) is 31.7. The van der Waals surface area contributed by atoms with Crippen LogP contribution in [0.4, 0.5) is 0 Å². The lowest BCUT2D eigenvalue weighted by molar-refractivity contribution is -0.143. The van der Waals surface area contributed by atoms with Gasteiger partial charge in [-0.25, -0.2) is 4.79 Å². The summed E-state index contributed by atoms with van der Waals surface area (Å²) in [7, 11) is 0. The predicted molar refractivity (Wildman–Crippen MR) is 50.0 cm³/mol. The van der Waals surface area contributed by atoms with E-state index in [-0.39, 0.29) is 18.0 Å². The van der Waals surface area contributed by atoms with Crippen LogP contribution in [-0.4, -0.2) is 12.1 Å². The lowest BCUT2D eigenvalue weighted by Gasteiger charge is -2.31. The van der Waals surface area contributed by atoms with E-state index in [0.29, 0.717) is 0 Å². The highest BCUT2D eigenvalue weighted by Crippen LogP contribution is 2.31. The molecule has 0 spiro atoms. The van der Waals surface area contributed by atoms with Gasteiger partial charge >= 0.3 is 5.97 Å². The Labute approximate surface area is 77.6 Å². The highest BCUT2D eigenvalue weighted by molar-refractivity contribution is 5.83. The number of rotatable bonds is 0. The Hall–Kier alpha value is -1.31. The van der Waals surface area contributed by atoms with E-state index in [9.17, 15) is 4.79 Å². The van der Waals surface area contributed by atoms with Crippen LogP contribution >= 0.6 is 0 Å². The minimum atomic E-state index is -0.233. The number of ether oxygens (including phenoxy) is 1. The molecule has 2 unspecified atom stereocenters. The molecule has 68 valence electrons. The molecule has 1 aliphatic heterocycles. The summed E-state index contributed by atoms with van der Waals surface area (Å²) < 4.78 is 5.24. The third kappa shape index (κ3) is 1.32. The van der Waals surface area contributed by atoms with Crippen LogP contribution in [0.5, 0.6) is 0 Å². The van der Waals surface area contributed by atoms with E-state index in [4.69, 9.17) is 4.74 Å². The third-order valence-corrected chi connectivity index (χ3v) is 2.59. The second-order valence-electron chi connectivity index (χ2n) is 3.56. The smallest absolute Gasteiger partial charge is 0.331 e. The highest BCUT2D eigenvalue weighted by Gasteiger charge is 2.30. The Morgan fingerprint density at radius 1 is 1.23 bits per heavy atom. The molecule has 13 heavy (non-hydrogen) atoms. The molecule has 1 heterocycles. The van der Waals surface area contributed by atoms with Crippen molar-refractivity contribution in [3.63, 3.8) is 0 Å². The zero-order chi connectivity index (χ0) is 9.42. The molecule has 0 aromatic heterocycles. The summed E-state index contributed by atoms with van der Waals surface area (Å²) in [5, 5.41) is 0. The minimum absolute atomic E-state index is 0.0671. The average Bonchev–Trinajstić information content (AvgIpc) is 2.12. The monoisotopic (exact) mass is 176 g/mol. The second kappa shape index (κ2) is 2.87. The second-order valence-corrected chi connectivity index (χ2v) is 3.56. The molecule has 1 aliphatic carbocycles. The highest BCUT2D eigenvalue weighted by atomic mass is 16.5. The van der Waals surface area contributed by atoms with Crippen LogP contribution in [0.1, 0.15) is 13.8 Å². The van der Waals surface area contributed by atoms with Gasteiger partial charge in [-0.15, -0.1) is 0 Å². The van der Waals surface area contributed by atoms with Crippen LogP contribution in [0, 0.1) is 5.92 Å². The Kier molecular flexibility index (Phi) is 1.83. The zero-order valence-electron chi connectivity index (χ0n) is 7.78. The first-order chi connectivity index (χ1) is 6.18. The predicted octanol–water partition coefficient (Wildman–Crippen LogP) is 1.99. The minimum Gasteiger partial charge on any atom is -0.454 e. The topological polar surface area (TPSA) is 26.3 Å². The zero-order valence-corrected chi connectivity index (χ0v) is 7.78. The largest absolute Gasteiger partial charge is 0.454 e. The van der Waals surface area contributed by atoms with E-state index in [2.05, 4.69) is 13.0 Å². The van der Waals surface area contributed by atoms with E-state index < -0.39 is 0 Å². The van der Waals surface area contributed by atoms with Crippen molar-refractivity contribution in [1.82, 2.24) is 0 Å². The van der Waals surface area contributed by atoms with E-state index in [1.165, 1.54) is 11.6 Å². The van der Waals surface area contributed by atoms with Gasteiger partial charge in [0.15, 0.2) is 0 Å². The maximum atomic E-state index is 11.0. The van der Waals surface area contributed by atoms with Crippen LogP contribution in [0.3, 0.4) is 0 Å². The molecular weight excluding hydrogens is 164 g/mol. The molecule has 0 amide bonds. The summed E-state index contributed by atoms with van der Waals surface area (Å²) in [4.78, 5) is 11.0. The summed E-state index contributed by atoms with van der Waals surface area (Å²) in [6, 6.07) is 0. The maximum absolute atomic E-state index is 11.0. The number of carbonyl (C=O) groups excluding carboxylic acids is 1. The van der Waals surface area contributed by atoms with Crippen molar-refractivity contribution < 1.29 is 9.53 Å². The average molecular weight is 176 g/mol. The molecule has 2 nitrogen and oxygen atoms in total. The van der Waals surface area contributed by atoms with Crippen LogP contribution < -0.4 is 0 Å². The first kappa shape index (κ1) is 8.30. The van der Waals surface area contributed by atoms with Crippen molar-refractivity contribution in [3.05, 3.63) is 35.5 Å². The SMILES string of the molecule is CC1=CC=C(C)C2OC(=O)C=CC12. The van der Waals surface area contributed by atoms with Crippen molar-refractivity contribution in [1.29, 1.82) is 0 Å². The molecule has 0 N–H and O–H groups in total. The van der Waals surface area contributed by atoms with Gasteiger partial charge in [-0.1, -0.05) is 23.8 Å². The molecule has 2 atom stereocenters. The number of hydrogen-bond donors (Lipinski definition) is 0. The van der Waals surface area contributed by atoms with Crippen molar-refractivity contribution in [2.24, 2.45) is 5.92 Å². The molecule has 0 bridgehead atoms. The lowest BCUT2D eigenvalue weighted by Crippen LogP contribution is -2.32. The molecule has 0 aromatic rings. The van der Waals surface area contributed by atoms with Crippen molar-refractivity contribution >= 4 is 5.97 Å². The fourth-order valence-electron chi connectivity index (χ4n) is 1.76. The lowest BCUT2D eigenvalue weighted by atomic mass is 9.84. The summed E-state index contributed by atoms with van der Waals surface area (Å²) in [5.41, 5.74) is 2.37. The van der Waals surface area contributed by atoms with Gasteiger partial charge in [-0.3, -0.25) is 0 Å². The standard InChI is InChI=1S/C11H12O2/c1-7-3-4-8(2)11-9(7)5-6-10(12)13-11/h3-6,9,11H,1-2H3. The molecule has 0 fully saturated rings. The van der Waals surface area contributed by atoms with Gasteiger partial charge in [0.2, 0.25) is 0 Å². The van der Waals surface area contributed by atoms with Gasteiger partial charge in [-0.05, 0) is 19.4 Å². The molecule has 0 saturated carbocycles. The molecule has 0 aromatic carbocycles. The Morgan fingerprint density at radius 2 is 1.92 bits per heavy atom. The Balaban J connectivity index is 2.37. The van der Waals surface area contributed by atoms with Gasteiger partial charge in [0.25, 0.3) is 0 Å². The van der Waals surface area contributed by atoms with Crippen LogP contribution in [-0.2, 0) is 9.53 Å². The van der Waals surface area contributed by atoms with Gasteiger partial charge in [-0.2, -0.15) is 0 Å². The molecular formula is C11H12O2. The van der Waals surface area contributed by atoms with Gasteiger partial charge in [0.05, 0.1) is 0 Å². The Morgan fingerprint density at radius 3 is 2.69 bits per heavy atom. The fourth-order valence-corrected chi connectivity index (χ4v) is 1.76. The summed E-state index contributed by atoms with van der Waals surface area (Å²) in [6.07, 6.45) is 7.47. The van der Waals surface area contributed by atoms with Gasteiger partial charge < -0.3 is 4.74 Å². The summed E-state index contributed by atoms with van der Waals surface area (Å²) in [5.74, 6) is 0.0198. The van der Waals surface area contributed by atoms with Gasteiger partial charge in [0.1, 0.15) is 6.10 Å². The maximum Gasteiger partial charge on any atom is 0.331 e.